The summed E-state index contributed by atoms with van der Waals surface area (Å²) in [5, 5.41) is 3.05. The van der Waals surface area contributed by atoms with E-state index in [2.05, 4.69) is 31.2 Å². The summed E-state index contributed by atoms with van der Waals surface area (Å²) in [6, 6.07) is 6.88. The number of nitrogens with zero attached hydrogens (tertiary/aromatic N) is 2. The molecule has 0 bridgehead atoms. The molecule has 4 nitrogen and oxygen atoms in total. The van der Waals surface area contributed by atoms with E-state index in [-0.39, 0.29) is 11.3 Å². The van der Waals surface area contributed by atoms with E-state index in [1.165, 1.54) is 0 Å². The van der Waals surface area contributed by atoms with Crippen molar-refractivity contribution in [2.75, 3.05) is 5.32 Å². The molecule has 21 heavy (non-hydrogen) atoms. The molecule has 2 aromatic heterocycles. The van der Waals surface area contributed by atoms with E-state index in [1.54, 1.807) is 24.4 Å². The number of hydrogen-bond acceptors (Lipinski definition) is 3. The molecule has 0 aliphatic heterocycles. The van der Waals surface area contributed by atoms with Gasteiger partial charge in [-0.1, -0.05) is 32.4 Å². The van der Waals surface area contributed by atoms with Crippen molar-refractivity contribution in [3.63, 3.8) is 0 Å². The lowest BCUT2D eigenvalue weighted by molar-refractivity contribution is 0.102. The van der Waals surface area contributed by atoms with Gasteiger partial charge in [0.05, 0.1) is 4.47 Å². The highest BCUT2D eigenvalue weighted by Crippen LogP contribution is 2.24. The molecule has 1 amide bonds. The number of nitrogens with one attached hydrogen (secondary N) is 1. The third-order valence-electron chi connectivity index (χ3n) is 2.82. The third-order valence-corrected chi connectivity index (χ3v) is 3.65. The Morgan fingerprint density at radius 1 is 1.33 bits per heavy atom. The molecule has 0 aliphatic rings. The molecule has 0 unspecified atom stereocenters. The Morgan fingerprint density at radius 3 is 2.67 bits per heavy atom. The van der Waals surface area contributed by atoms with E-state index < -0.39 is 0 Å². The van der Waals surface area contributed by atoms with Crippen LogP contribution < -0.4 is 5.32 Å². The number of halogens is 2. The van der Waals surface area contributed by atoms with Crippen molar-refractivity contribution >= 4 is 39.3 Å². The van der Waals surface area contributed by atoms with Crippen molar-refractivity contribution in [3.8, 4) is 0 Å². The summed E-state index contributed by atoms with van der Waals surface area (Å²) in [6.07, 6.45) is 1.61. The zero-order valence-electron chi connectivity index (χ0n) is 11.9. The highest BCUT2D eigenvalue weighted by molar-refractivity contribution is 9.10. The first-order valence-corrected chi connectivity index (χ1v) is 7.54. The smallest absolute Gasteiger partial charge is 0.257 e. The van der Waals surface area contributed by atoms with Crippen LogP contribution in [0.4, 0.5) is 5.82 Å². The number of anilines is 1. The first-order chi connectivity index (χ1) is 9.77. The maximum absolute atomic E-state index is 12.3. The number of pyridine rings is 2. The maximum atomic E-state index is 12.3. The summed E-state index contributed by atoms with van der Waals surface area (Å²) in [5.74, 6) is 0.192. The van der Waals surface area contributed by atoms with E-state index in [4.69, 9.17) is 11.6 Å². The largest absolute Gasteiger partial charge is 0.306 e. The van der Waals surface area contributed by atoms with Crippen molar-refractivity contribution in [1.29, 1.82) is 0 Å². The number of carbonyl (C=O) groups is 1. The van der Waals surface area contributed by atoms with Crippen LogP contribution in [0.5, 0.6) is 0 Å². The lowest BCUT2D eigenvalue weighted by atomic mass is 9.91. The fourth-order valence-electron chi connectivity index (χ4n) is 1.67. The molecule has 2 rings (SSSR count). The second kappa shape index (κ2) is 6.12. The second-order valence-corrected chi connectivity index (χ2v) is 6.84. The van der Waals surface area contributed by atoms with E-state index in [1.807, 2.05) is 26.8 Å². The fourth-order valence-corrected chi connectivity index (χ4v) is 2.23. The van der Waals surface area contributed by atoms with Gasteiger partial charge in [0.15, 0.2) is 0 Å². The lowest BCUT2D eigenvalue weighted by Gasteiger charge is -2.18. The molecule has 1 N–H and O–H groups in total. The van der Waals surface area contributed by atoms with Gasteiger partial charge in [0, 0.05) is 22.9 Å². The van der Waals surface area contributed by atoms with Crippen LogP contribution in [0.2, 0.25) is 5.15 Å². The van der Waals surface area contributed by atoms with Crippen LogP contribution in [0.25, 0.3) is 0 Å². The van der Waals surface area contributed by atoms with Gasteiger partial charge in [-0.15, -0.1) is 0 Å². The molecule has 0 fully saturated rings. The Morgan fingerprint density at radius 2 is 2.05 bits per heavy atom. The summed E-state index contributed by atoms with van der Waals surface area (Å²) in [4.78, 5) is 20.7. The second-order valence-electron chi connectivity index (χ2n) is 5.60. The minimum Gasteiger partial charge on any atom is -0.306 e. The van der Waals surface area contributed by atoms with Crippen molar-refractivity contribution in [2.24, 2.45) is 0 Å². The van der Waals surface area contributed by atoms with Gasteiger partial charge >= 0.3 is 0 Å². The minimum atomic E-state index is -0.274. The van der Waals surface area contributed by atoms with Crippen molar-refractivity contribution < 1.29 is 4.79 Å². The highest BCUT2D eigenvalue weighted by Gasteiger charge is 2.19. The van der Waals surface area contributed by atoms with Gasteiger partial charge in [0.2, 0.25) is 0 Å². The van der Waals surface area contributed by atoms with Gasteiger partial charge in [-0.25, -0.2) is 9.97 Å². The van der Waals surface area contributed by atoms with E-state index in [9.17, 15) is 4.79 Å². The molecule has 0 spiro atoms. The van der Waals surface area contributed by atoms with Crippen LogP contribution in [0.1, 0.15) is 36.8 Å². The molecule has 0 aromatic carbocycles. The predicted octanol–water partition coefficient (Wildman–Crippen LogP) is 4.44. The van der Waals surface area contributed by atoms with Gasteiger partial charge in [-0.2, -0.15) is 0 Å². The first-order valence-electron chi connectivity index (χ1n) is 6.37. The van der Waals surface area contributed by atoms with Crippen molar-refractivity contribution in [3.05, 3.63) is 51.3 Å². The number of aromatic nitrogens is 2. The van der Waals surface area contributed by atoms with Gasteiger partial charge in [-0.3, -0.25) is 4.79 Å². The average Bonchev–Trinajstić information content (AvgIpc) is 2.39. The molecule has 0 saturated heterocycles. The zero-order valence-corrected chi connectivity index (χ0v) is 14.3. The van der Waals surface area contributed by atoms with Crippen LogP contribution >= 0.6 is 27.5 Å². The summed E-state index contributed by atoms with van der Waals surface area (Å²) in [6.45, 7) is 6.05. The molecule has 6 heteroatoms. The molecule has 0 atom stereocenters. The normalized spacial score (nSPS) is 11.3. The summed E-state index contributed by atoms with van der Waals surface area (Å²) in [7, 11) is 0. The highest BCUT2D eigenvalue weighted by atomic mass is 79.9. The minimum absolute atomic E-state index is 0.189. The lowest BCUT2D eigenvalue weighted by Crippen LogP contribution is -2.18. The molecule has 0 radical (unpaired) electrons. The van der Waals surface area contributed by atoms with Crippen LogP contribution in [-0.4, -0.2) is 15.9 Å². The molecular weight excluding hydrogens is 354 g/mol. The van der Waals surface area contributed by atoms with E-state index >= 15 is 0 Å². The van der Waals surface area contributed by atoms with Gasteiger partial charge < -0.3 is 5.32 Å². The van der Waals surface area contributed by atoms with Crippen LogP contribution in [0, 0.1) is 0 Å². The Balaban J connectivity index is 2.32. The van der Waals surface area contributed by atoms with E-state index in [0.717, 1.165) is 10.2 Å². The Labute approximate surface area is 137 Å². The van der Waals surface area contributed by atoms with E-state index in [0.29, 0.717) is 16.5 Å². The fraction of sp³-hybridized carbons (Fsp3) is 0.267. The SMILES string of the molecule is CC(C)(C)c1cc(C(=O)Nc2ncccc2Br)cc(Cl)n1. The van der Waals surface area contributed by atoms with Crippen LogP contribution in [-0.2, 0) is 5.41 Å². The maximum Gasteiger partial charge on any atom is 0.257 e. The molecule has 2 heterocycles. The standard InChI is InChI=1S/C15H15BrClN3O/c1-15(2,3)11-7-9(8-12(17)19-11)14(21)20-13-10(16)5-4-6-18-13/h4-8H,1-3H3,(H,18,20,21). The molecule has 0 saturated carbocycles. The summed E-state index contributed by atoms with van der Waals surface area (Å²) >= 11 is 9.36. The molecular formula is C15H15BrClN3O. The Kier molecular flexibility index (Phi) is 4.64. The average molecular weight is 369 g/mol. The topological polar surface area (TPSA) is 54.9 Å². The Hall–Kier alpha value is -1.46. The summed E-state index contributed by atoms with van der Waals surface area (Å²) < 4.78 is 0.717. The first kappa shape index (κ1) is 15.9. The number of rotatable bonds is 2. The zero-order chi connectivity index (χ0) is 15.6. The molecule has 110 valence electrons. The Bertz CT molecular complexity index is 683. The summed E-state index contributed by atoms with van der Waals surface area (Å²) in [5.41, 5.74) is 1.03. The molecule has 0 aliphatic carbocycles. The van der Waals surface area contributed by atoms with Crippen molar-refractivity contribution in [1.82, 2.24) is 9.97 Å². The van der Waals surface area contributed by atoms with Gasteiger partial charge in [0.1, 0.15) is 11.0 Å². The van der Waals surface area contributed by atoms with Crippen LogP contribution in [0.3, 0.4) is 0 Å². The predicted molar refractivity (Wildman–Crippen MR) is 87.8 cm³/mol. The molecule has 2 aromatic rings. The number of carbonyl (C=O) groups excluding carboxylic acids is 1. The number of hydrogen-bond donors (Lipinski definition) is 1. The number of amides is 1. The van der Waals surface area contributed by atoms with Crippen molar-refractivity contribution in [2.45, 2.75) is 26.2 Å². The quantitative estimate of drug-likeness (QED) is 0.797. The third kappa shape index (κ3) is 4.02. The van der Waals surface area contributed by atoms with Gasteiger partial charge in [0.25, 0.3) is 5.91 Å². The van der Waals surface area contributed by atoms with Crippen LogP contribution in [0.15, 0.2) is 34.9 Å². The monoisotopic (exact) mass is 367 g/mol. The van der Waals surface area contributed by atoms with Gasteiger partial charge in [-0.05, 0) is 40.2 Å².